The molecule has 1 aliphatic carbocycles. The lowest BCUT2D eigenvalue weighted by atomic mass is 9.89. The molecule has 1 N–H and O–H groups in total. The minimum absolute atomic E-state index is 0.806. The maximum Gasteiger partial charge on any atom is 0.141 e. The van der Waals surface area contributed by atoms with E-state index in [9.17, 15) is 0 Å². The van der Waals surface area contributed by atoms with Crippen LogP contribution in [-0.4, -0.2) is 36.1 Å². The van der Waals surface area contributed by atoms with E-state index in [0.717, 1.165) is 37.9 Å². The highest BCUT2D eigenvalue weighted by molar-refractivity contribution is 7.19. The van der Waals surface area contributed by atoms with Crippen molar-refractivity contribution < 1.29 is 0 Å². The first-order valence-corrected chi connectivity index (χ1v) is 9.28. The first kappa shape index (κ1) is 14.4. The molecule has 2 aromatic heterocycles. The third-order valence-corrected chi connectivity index (χ3v) is 6.04. The summed E-state index contributed by atoms with van der Waals surface area (Å²) in [5.74, 6) is 2.91. The lowest BCUT2D eigenvalue weighted by Crippen LogP contribution is -2.29. The predicted octanol–water partition coefficient (Wildman–Crippen LogP) is 2.92. The Kier molecular flexibility index (Phi) is 3.78. The molecule has 0 bridgehead atoms. The summed E-state index contributed by atoms with van der Waals surface area (Å²) >= 11 is 1.91. The van der Waals surface area contributed by atoms with E-state index >= 15 is 0 Å². The lowest BCUT2D eigenvalue weighted by Gasteiger charge is -2.24. The second-order valence-corrected chi connectivity index (χ2v) is 7.80. The van der Waals surface area contributed by atoms with Gasteiger partial charge in [-0.05, 0) is 50.6 Å². The molecule has 1 unspecified atom stereocenters. The van der Waals surface area contributed by atoms with E-state index in [2.05, 4.69) is 17.1 Å². The second kappa shape index (κ2) is 5.78. The largest absolute Gasteiger partial charge is 0.355 e. The number of nitrogens with one attached hydrogen (secondary N) is 1. The van der Waals surface area contributed by atoms with Crippen LogP contribution in [0.3, 0.4) is 0 Å². The van der Waals surface area contributed by atoms with Gasteiger partial charge in [0.05, 0.1) is 5.39 Å². The first-order chi connectivity index (χ1) is 10.7. The molecule has 4 nitrogen and oxygen atoms in total. The maximum atomic E-state index is 4.86. The van der Waals surface area contributed by atoms with Crippen molar-refractivity contribution in [3.8, 4) is 0 Å². The molecule has 0 spiro atoms. The number of hydrogen-bond acceptors (Lipinski definition) is 5. The molecule has 0 saturated carbocycles. The van der Waals surface area contributed by atoms with Crippen LogP contribution in [-0.2, 0) is 12.8 Å². The molecule has 2 aromatic rings. The Hall–Kier alpha value is -1.20. The van der Waals surface area contributed by atoms with Gasteiger partial charge in [-0.15, -0.1) is 11.3 Å². The number of fused-ring (bicyclic) bond motifs is 3. The topological polar surface area (TPSA) is 41.1 Å². The zero-order chi connectivity index (χ0) is 15.1. The highest BCUT2D eigenvalue weighted by Gasteiger charge is 2.25. The van der Waals surface area contributed by atoms with Crippen LogP contribution >= 0.6 is 11.3 Å². The van der Waals surface area contributed by atoms with Crippen LogP contribution in [0.2, 0.25) is 0 Å². The fourth-order valence-electron chi connectivity index (χ4n) is 3.71. The Labute approximate surface area is 136 Å². The summed E-state index contributed by atoms with van der Waals surface area (Å²) in [5.41, 5.74) is 1.55. The molecule has 1 atom stereocenters. The summed E-state index contributed by atoms with van der Waals surface area (Å²) in [6.07, 6.45) is 4.90. The molecule has 22 heavy (non-hydrogen) atoms. The highest BCUT2D eigenvalue weighted by Crippen LogP contribution is 2.41. The number of anilines is 1. The zero-order valence-electron chi connectivity index (χ0n) is 13.5. The SMILES string of the molecule is Cc1nc(N2CCCNCC2)c2c3c(sc2n1)CC(C)CC3. The zero-order valence-corrected chi connectivity index (χ0v) is 14.3. The van der Waals surface area contributed by atoms with Gasteiger partial charge in [0.2, 0.25) is 0 Å². The third-order valence-electron chi connectivity index (χ3n) is 4.89. The summed E-state index contributed by atoms with van der Waals surface area (Å²) < 4.78 is 0. The van der Waals surface area contributed by atoms with Crippen LogP contribution in [0, 0.1) is 12.8 Å². The minimum atomic E-state index is 0.806. The van der Waals surface area contributed by atoms with E-state index in [4.69, 9.17) is 9.97 Å². The quantitative estimate of drug-likeness (QED) is 0.878. The molecule has 0 radical (unpaired) electrons. The molecular weight excluding hydrogens is 292 g/mol. The Bertz CT molecular complexity index is 686. The van der Waals surface area contributed by atoms with Crippen LogP contribution in [0.5, 0.6) is 0 Å². The van der Waals surface area contributed by atoms with Crippen molar-refractivity contribution in [2.75, 3.05) is 31.1 Å². The van der Waals surface area contributed by atoms with Crippen molar-refractivity contribution in [3.63, 3.8) is 0 Å². The van der Waals surface area contributed by atoms with Crippen LogP contribution < -0.4 is 10.2 Å². The molecule has 118 valence electrons. The number of aryl methyl sites for hydroxylation is 2. The normalized spacial score (nSPS) is 22.6. The van der Waals surface area contributed by atoms with Crippen molar-refractivity contribution in [3.05, 3.63) is 16.3 Å². The Balaban J connectivity index is 1.85. The van der Waals surface area contributed by atoms with Gasteiger partial charge in [0.1, 0.15) is 16.5 Å². The molecule has 1 fully saturated rings. The summed E-state index contributed by atoms with van der Waals surface area (Å²) in [6.45, 7) is 8.70. The van der Waals surface area contributed by atoms with Crippen molar-refractivity contribution in [2.45, 2.75) is 39.5 Å². The van der Waals surface area contributed by atoms with Crippen LogP contribution in [0.4, 0.5) is 5.82 Å². The van der Waals surface area contributed by atoms with E-state index in [0.29, 0.717) is 0 Å². The maximum absolute atomic E-state index is 4.86. The molecule has 1 aliphatic heterocycles. The van der Waals surface area contributed by atoms with Crippen molar-refractivity contribution in [1.82, 2.24) is 15.3 Å². The van der Waals surface area contributed by atoms with Gasteiger partial charge in [-0.2, -0.15) is 0 Å². The number of aromatic nitrogens is 2. The summed E-state index contributed by atoms with van der Waals surface area (Å²) in [6, 6.07) is 0. The number of rotatable bonds is 1. The smallest absolute Gasteiger partial charge is 0.141 e. The molecule has 2 aliphatic rings. The first-order valence-electron chi connectivity index (χ1n) is 8.47. The molecular formula is C17H24N4S. The third kappa shape index (κ3) is 2.50. The van der Waals surface area contributed by atoms with Crippen LogP contribution in [0.25, 0.3) is 10.2 Å². The fourth-order valence-corrected chi connectivity index (χ4v) is 5.14. The molecule has 3 heterocycles. The average molecular weight is 316 g/mol. The molecule has 4 rings (SSSR count). The van der Waals surface area contributed by atoms with E-state index in [1.807, 2.05) is 18.3 Å². The molecule has 5 heteroatoms. The van der Waals surface area contributed by atoms with Gasteiger partial charge in [0.15, 0.2) is 0 Å². The molecule has 1 saturated heterocycles. The van der Waals surface area contributed by atoms with E-state index in [1.54, 1.807) is 10.4 Å². The monoisotopic (exact) mass is 316 g/mol. The molecule has 0 amide bonds. The van der Waals surface area contributed by atoms with Gasteiger partial charge in [-0.1, -0.05) is 6.92 Å². The number of thiophene rings is 1. The number of nitrogens with zero attached hydrogens (tertiary/aromatic N) is 3. The summed E-state index contributed by atoms with van der Waals surface area (Å²) in [7, 11) is 0. The Morgan fingerprint density at radius 3 is 3.05 bits per heavy atom. The standard InChI is InChI=1S/C17H24N4S/c1-11-4-5-13-14(10-11)22-17-15(13)16(19-12(2)20-17)21-8-3-6-18-7-9-21/h11,18H,3-10H2,1-2H3. The average Bonchev–Trinajstić information content (AvgIpc) is 2.68. The van der Waals surface area contributed by atoms with Gasteiger partial charge in [0.25, 0.3) is 0 Å². The Morgan fingerprint density at radius 1 is 1.23 bits per heavy atom. The van der Waals surface area contributed by atoms with Crippen molar-refractivity contribution in [1.29, 1.82) is 0 Å². The van der Waals surface area contributed by atoms with Gasteiger partial charge in [-0.3, -0.25) is 0 Å². The van der Waals surface area contributed by atoms with Crippen molar-refractivity contribution in [2.24, 2.45) is 5.92 Å². The van der Waals surface area contributed by atoms with Crippen LogP contribution in [0.15, 0.2) is 0 Å². The highest BCUT2D eigenvalue weighted by atomic mass is 32.1. The van der Waals surface area contributed by atoms with Gasteiger partial charge in [-0.25, -0.2) is 9.97 Å². The van der Waals surface area contributed by atoms with Crippen LogP contribution in [0.1, 0.15) is 36.0 Å². The molecule has 0 aromatic carbocycles. The van der Waals surface area contributed by atoms with E-state index in [1.165, 1.54) is 41.7 Å². The predicted molar refractivity (Wildman–Crippen MR) is 93.0 cm³/mol. The number of hydrogen-bond donors (Lipinski definition) is 1. The lowest BCUT2D eigenvalue weighted by molar-refractivity contribution is 0.509. The summed E-state index contributed by atoms with van der Waals surface area (Å²) in [4.78, 5) is 14.8. The van der Waals surface area contributed by atoms with E-state index in [-0.39, 0.29) is 0 Å². The van der Waals surface area contributed by atoms with Gasteiger partial charge >= 0.3 is 0 Å². The van der Waals surface area contributed by atoms with E-state index < -0.39 is 0 Å². The van der Waals surface area contributed by atoms with Gasteiger partial charge < -0.3 is 10.2 Å². The fraction of sp³-hybridized carbons (Fsp3) is 0.647. The summed E-state index contributed by atoms with van der Waals surface area (Å²) in [5, 5.41) is 4.85. The second-order valence-electron chi connectivity index (χ2n) is 6.72. The van der Waals surface area contributed by atoms with Crippen molar-refractivity contribution >= 4 is 27.4 Å². The minimum Gasteiger partial charge on any atom is -0.355 e. The van der Waals surface area contributed by atoms with Gasteiger partial charge in [0, 0.05) is 24.5 Å². The Morgan fingerprint density at radius 2 is 2.14 bits per heavy atom.